The molecule has 1 heterocycles. The summed E-state index contributed by atoms with van der Waals surface area (Å²) in [7, 11) is 3.06. The van der Waals surface area contributed by atoms with Gasteiger partial charge in [-0.3, -0.25) is 30.1 Å². The number of ether oxygens (including phenoxy) is 2. The molecule has 2 N–H and O–H groups in total. The van der Waals surface area contributed by atoms with Gasteiger partial charge in [-0.1, -0.05) is 48.2 Å². The summed E-state index contributed by atoms with van der Waals surface area (Å²) in [4.78, 5) is 38.5. The highest BCUT2D eigenvalue weighted by atomic mass is 32.2. The minimum atomic E-state index is -0.576. The lowest BCUT2D eigenvalue weighted by Crippen LogP contribution is -2.47. The van der Waals surface area contributed by atoms with Crippen molar-refractivity contribution in [1.82, 2.24) is 15.8 Å². The Labute approximate surface area is 188 Å². The lowest BCUT2D eigenvalue weighted by molar-refractivity contribution is -0.129. The van der Waals surface area contributed by atoms with Gasteiger partial charge in [-0.2, -0.15) is 0 Å². The molecule has 0 atom stereocenters. The summed E-state index contributed by atoms with van der Waals surface area (Å²) in [5, 5.41) is 0. The van der Waals surface area contributed by atoms with Crippen LogP contribution in [0.3, 0.4) is 0 Å². The molecule has 1 saturated heterocycles. The van der Waals surface area contributed by atoms with Gasteiger partial charge in [0, 0.05) is 5.56 Å². The number of carbonyl (C=O) groups is 3. The number of nitrogens with one attached hydrogen (secondary N) is 2. The molecule has 1 aliphatic rings. The normalized spacial score (nSPS) is 14.5. The van der Waals surface area contributed by atoms with Crippen LogP contribution in [0.15, 0.2) is 53.4 Å². The molecule has 8 nitrogen and oxygen atoms in total. The SMILES string of the molecule is COc1ccc(C=C2SC(=S)N(CC(=O)NNC(=O)c3ccccc3)C2=O)cc1OC. The topological polar surface area (TPSA) is 97.0 Å². The molecule has 3 rings (SSSR count). The van der Waals surface area contributed by atoms with Crippen molar-refractivity contribution in [2.45, 2.75) is 0 Å². The van der Waals surface area contributed by atoms with E-state index < -0.39 is 17.7 Å². The molecular weight excluding hydrogens is 438 g/mol. The minimum absolute atomic E-state index is 0.251. The van der Waals surface area contributed by atoms with Gasteiger partial charge in [-0.05, 0) is 35.9 Å². The largest absolute Gasteiger partial charge is 0.493 e. The van der Waals surface area contributed by atoms with Crippen LogP contribution in [0.5, 0.6) is 11.5 Å². The van der Waals surface area contributed by atoms with E-state index in [4.69, 9.17) is 21.7 Å². The van der Waals surface area contributed by atoms with Crippen LogP contribution in [0, 0.1) is 0 Å². The third kappa shape index (κ3) is 5.41. The van der Waals surface area contributed by atoms with Gasteiger partial charge in [0.1, 0.15) is 10.9 Å². The van der Waals surface area contributed by atoms with Crippen molar-refractivity contribution in [3.63, 3.8) is 0 Å². The maximum atomic E-state index is 12.7. The van der Waals surface area contributed by atoms with Crippen LogP contribution in [0.2, 0.25) is 0 Å². The zero-order valence-corrected chi connectivity index (χ0v) is 18.3. The Hall–Kier alpha value is -3.37. The second-order valence-corrected chi connectivity index (χ2v) is 7.93. The fourth-order valence-corrected chi connectivity index (χ4v) is 3.96. The van der Waals surface area contributed by atoms with Gasteiger partial charge in [0.2, 0.25) is 0 Å². The number of nitrogens with zero attached hydrogens (tertiary/aromatic N) is 1. The van der Waals surface area contributed by atoms with Gasteiger partial charge in [0.15, 0.2) is 11.5 Å². The molecule has 2 aromatic rings. The second kappa shape index (κ2) is 10.1. The van der Waals surface area contributed by atoms with Crippen LogP contribution in [0.25, 0.3) is 6.08 Å². The van der Waals surface area contributed by atoms with Crippen molar-refractivity contribution in [2.24, 2.45) is 0 Å². The minimum Gasteiger partial charge on any atom is -0.493 e. The van der Waals surface area contributed by atoms with E-state index in [0.29, 0.717) is 22.0 Å². The highest BCUT2D eigenvalue weighted by Crippen LogP contribution is 2.34. The second-order valence-electron chi connectivity index (χ2n) is 6.25. The fourth-order valence-electron chi connectivity index (χ4n) is 2.70. The van der Waals surface area contributed by atoms with Crippen LogP contribution in [0.1, 0.15) is 15.9 Å². The zero-order chi connectivity index (χ0) is 22.4. The van der Waals surface area contributed by atoms with Gasteiger partial charge in [-0.25, -0.2) is 0 Å². The smallest absolute Gasteiger partial charge is 0.269 e. The summed E-state index contributed by atoms with van der Waals surface area (Å²) in [5.41, 5.74) is 5.71. The summed E-state index contributed by atoms with van der Waals surface area (Å²) in [6, 6.07) is 13.7. The molecule has 0 aromatic heterocycles. The molecule has 1 aliphatic heterocycles. The Morgan fingerprint density at radius 3 is 2.45 bits per heavy atom. The maximum Gasteiger partial charge on any atom is 0.269 e. The third-order valence-electron chi connectivity index (χ3n) is 4.23. The molecule has 0 bridgehead atoms. The first-order valence-electron chi connectivity index (χ1n) is 9.04. The van der Waals surface area contributed by atoms with Gasteiger partial charge in [-0.15, -0.1) is 0 Å². The molecule has 1 fully saturated rings. The molecule has 3 amide bonds. The Morgan fingerprint density at radius 1 is 1.06 bits per heavy atom. The maximum absolute atomic E-state index is 12.7. The summed E-state index contributed by atoms with van der Waals surface area (Å²) in [6.45, 7) is -0.316. The average molecular weight is 458 g/mol. The van der Waals surface area contributed by atoms with Crippen molar-refractivity contribution in [2.75, 3.05) is 20.8 Å². The standard InChI is InChI=1S/C21H19N3O5S2/c1-28-15-9-8-13(10-16(15)29-2)11-17-20(27)24(21(30)31-17)12-18(25)22-23-19(26)14-6-4-3-5-7-14/h3-11H,12H2,1-2H3,(H,22,25)(H,23,26). The summed E-state index contributed by atoms with van der Waals surface area (Å²) in [5.74, 6) is -0.336. The van der Waals surface area contributed by atoms with E-state index in [2.05, 4.69) is 10.9 Å². The van der Waals surface area contributed by atoms with Crippen LogP contribution in [-0.4, -0.2) is 47.7 Å². The number of rotatable bonds is 6. The molecular formula is C21H19N3O5S2. The van der Waals surface area contributed by atoms with E-state index in [-0.39, 0.29) is 10.9 Å². The van der Waals surface area contributed by atoms with E-state index >= 15 is 0 Å². The number of hydrogen-bond acceptors (Lipinski definition) is 7. The number of amides is 3. The van der Waals surface area contributed by atoms with E-state index in [1.54, 1.807) is 54.6 Å². The monoisotopic (exact) mass is 457 g/mol. The highest BCUT2D eigenvalue weighted by Gasteiger charge is 2.33. The van der Waals surface area contributed by atoms with Crippen LogP contribution < -0.4 is 20.3 Å². The van der Waals surface area contributed by atoms with Crippen LogP contribution in [0.4, 0.5) is 0 Å². The predicted molar refractivity (Wildman–Crippen MR) is 121 cm³/mol. The number of hydrogen-bond donors (Lipinski definition) is 2. The number of hydrazine groups is 1. The Morgan fingerprint density at radius 2 is 1.77 bits per heavy atom. The number of methoxy groups -OCH3 is 2. The first kappa shape index (κ1) is 22.3. The summed E-state index contributed by atoms with van der Waals surface area (Å²) < 4.78 is 10.7. The molecule has 0 spiro atoms. The number of thioether (sulfide) groups is 1. The first-order chi connectivity index (χ1) is 14.9. The van der Waals surface area contributed by atoms with Gasteiger partial charge in [0.25, 0.3) is 17.7 Å². The Bertz CT molecular complexity index is 1060. The Kier molecular flexibility index (Phi) is 7.27. The molecule has 2 aromatic carbocycles. The van der Waals surface area contributed by atoms with Gasteiger partial charge in [0.05, 0.1) is 19.1 Å². The molecule has 10 heteroatoms. The fraction of sp³-hybridized carbons (Fsp3) is 0.143. The van der Waals surface area contributed by atoms with E-state index in [1.807, 2.05) is 0 Å². The van der Waals surface area contributed by atoms with E-state index in [1.165, 1.54) is 19.1 Å². The van der Waals surface area contributed by atoms with E-state index in [0.717, 1.165) is 17.3 Å². The van der Waals surface area contributed by atoms with Crippen molar-refractivity contribution in [1.29, 1.82) is 0 Å². The third-order valence-corrected chi connectivity index (χ3v) is 5.61. The molecule has 31 heavy (non-hydrogen) atoms. The van der Waals surface area contributed by atoms with Crippen LogP contribution in [-0.2, 0) is 9.59 Å². The van der Waals surface area contributed by atoms with Crippen LogP contribution >= 0.6 is 24.0 Å². The Balaban J connectivity index is 1.63. The summed E-state index contributed by atoms with van der Waals surface area (Å²) in [6.07, 6.45) is 1.66. The quantitative estimate of drug-likeness (QED) is 0.391. The number of benzene rings is 2. The number of carbonyl (C=O) groups excluding carboxylic acids is 3. The van der Waals surface area contributed by atoms with Crippen molar-refractivity contribution < 1.29 is 23.9 Å². The molecule has 0 aliphatic carbocycles. The summed E-state index contributed by atoms with van der Waals surface area (Å²) >= 11 is 6.34. The molecule has 0 saturated carbocycles. The highest BCUT2D eigenvalue weighted by molar-refractivity contribution is 8.26. The predicted octanol–water partition coefficient (Wildman–Crippen LogP) is 2.37. The van der Waals surface area contributed by atoms with Gasteiger partial charge >= 0.3 is 0 Å². The first-order valence-corrected chi connectivity index (χ1v) is 10.3. The van der Waals surface area contributed by atoms with Crippen molar-refractivity contribution >= 4 is 52.1 Å². The van der Waals surface area contributed by atoms with Crippen molar-refractivity contribution in [3.8, 4) is 11.5 Å². The van der Waals surface area contributed by atoms with E-state index in [9.17, 15) is 14.4 Å². The molecule has 160 valence electrons. The average Bonchev–Trinajstić information content (AvgIpc) is 3.05. The lowest BCUT2D eigenvalue weighted by atomic mass is 10.2. The zero-order valence-electron chi connectivity index (χ0n) is 16.7. The lowest BCUT2D eigenvalue weighted by Gasteiger charge is -2.14. The van der Waals surface area contributed by atoms with Crippen molar-refractivity contribution in [3.05, 3.63) is 64.6 Å². The molecule has 0 unspecified atom stereocenters. The number of thiocarbonyl (C=S) groups is 1. The molecule has 0 radical (unpaired) electrons. The van der Waals surface area contributed by atoms with Gasteiger partial charge < -0.3 is 9.47 Å².